The maximum Gasteiger partial charge on any atom is 0.0457 e. The van der Waals surface area contributed by atoms with Crippen LogP contribution in [0.5, 0.6) is 0 Å². The van der Waals surface area contributed by atoms with Gasteiger partial charge in [-0.05, 0) is 30.7 Å². The van der Waals surface area contributed by atoms with Crippen molar-refractivity contribution < 1.29 is 0 Å². The van der Waals surface area contributed by atoms with E-state index in [1.807, 2.05) is 18.2 Å². The van der Waals surface area contributed by atoms with Gasteiger partial charge in [0.25, 0.3) is 0 Å². The van der Waals surface area contributed by atoms with Gasteiger partial charge in [-0.1, -0.05) is 11.6 Å². The van der Waals surface area contributed by atoms with E-state index in [9.17, 15) is 0 Å². The molecule has 0 amide bonds. The molecular formula is C12H10ClN. The van der Waals surface area contributed by atoms with E-state index in [2.05, 4.69) is 17.0 Å². The zero-order valence-corrected chi connectivity index (χ0v) is 8.43. The van der Waals surface area contributed by atoms with Gasteiger partial charge in [0.15, 0.2) is 0 Å². The van der Waals surface area contributed by atoms with Gasteiger partial charge in [0, 0.05) is 28.0 Å². The largest absolute Gasteiger partial charge is 0.358 e. The van der Waals surface area contributed by atoms with Crippen molar-refractivity contribution in [1.29, 1.82) is 0 Å². The molecule has 0 radical (unpaired) electrons. The number of hydrogen-bond acceptors (Lipinski definition) is 0. The number of H-pyrrole nitrogens is 1. The zero-order valence-electron chi connectivity index (χ0n) is 7.68. The molecule has 1 heterocycles. The van der Waals surface area contributed by atoms with Crippen molar-refractivity contribution in [3.63, 3.8) is 0 Å². The van der Waals surface area contributed by atoms with E-state index in [4.69, 9.17) is 18.0 Å². The number of rotatable bonds is 2. The summed E-state index contributed by atoms with van der Waals surface area (Å²) in [6.45, 7) is 0. The molecule has 0 aliphatic rings. The van der Waals surface area contributed by atoms with Gasteiger partial charge in [0.05, 0.1) is 0 Å². The fourth-order valence-corrected chi connectivity index (χ4v) is 1.69. The Balaban J connectivity index is 2.37. The number of aryl methyl sites for hydroxylation is 1. The fourth-order valence-electron chi connectivity index (χ4n) is 1.51. The van der Waals surface area contributed by atoms with Crippen LogP contribution in [0.15, 0.2) is 24.3 Å². The van der Waals surface area contributed by atoms with E-state index in [1.54, 1.807) is 0 Å². The van der Waals surface area contributed by atoms with Gasteiger partial charge in [0.1, 0.15) is 0 Å². The fraction of sp³-hybridized carbons (Fsp3) is 0.167. The second-order valence-electron chi connectivity index (χ2n) is 3.23. The van der Waals surface area contributed by atoms with Crippen molar-refractivity contribution in [2.24, 2.45) is 0 Å². The van der Waals surface area contributed by atoms with E-state index in [1.165, 1.54) is 5.69 Å². The van der Waals surface area contributed by atoms with E-state index >= 15 is 0 Å². The Morgan fingerprint density at radius 3 is 3.00 bits per heavy atom. The normalized spacial score (nSPS) is 10.3. The highest BCUT2D eigenvalue weighted by atomic mass is 35.5. The molecule has 0 spiro atoms. The Morgan fingerprint density at radius 2 is 2.21 bits per heavy atom. The molecule has 0 bridgehead atoms. The summed E-state index contributed by atoms with van der Waals surface area (Å²) in [6, 6.07) is 7.91. The highest BCUT2D eigenvalue weighted by molar-refractivity contribution is 6.31. The lowest BCUT2D eigenvalue weighted by molar-refractivity contribution is 0.987. The quantitative estimate of drug-likeness (QED) is 0.721. The number of halogens is 1. The Morgan fingerprint density at radius 1 is 1.36 bits per heavy atom. The first-order chi connectivity index (χ1) is 6.79. The summed E-state index contributed by atoms with van der Waals surface area (Å²) in [7, 11) is 0. The Kier molecular flexibility index (Phi) is 2.47. The summed E-state index contributed by atoms with van der Waals surface area (Å²) in [5.41, 5.74) is 2.28. The molecule has 14 heavy (non-hydrogen) atoms. The summed E-state index contributed by atoms with van der Waals surface area (Å²) in [4.78, 5) is 3.30. The van der Waals surface area contributed by atoms with E-state index < -0.39 is 0 Å². The molecule has 1 N–H and O–H groups in total. The lowest BCUT2D eigenvalue weighted by Gasteiger charge is -1.89. The van der Waals surface area contributed by atoms with Crippen LogP contribution in [0.1, 0.15) is 12.1 Å². The highest BCUT2D eigenvalue weighted by Crippen LogP contribution is 2.20. The molecule has 1 aromatic heterocycles. The number of aromatic amines is 1. The van der Waals surface area contributed by atoms with Gasteiger partial charge < -0.3 is 4.98 Å². The van der Waals surface area contributed by atoms with Crippen molar-refractivity contribution in [3.8, 4) is 12.3 Å². The summed E-state index contributed by atoms with van der Waals surface area (Å²) < 4.78 is 0. The number of aromatic nitrogens is 1. The van der Waals surface area contributed by atoms with Gasteiger partial charge in [-0.15, -0.1) is 12.3 Å². The van der Waals surface area contributed by atoms with E-state index in [-0.39, 0.29) is 0 Å². The number of nitrogens with one attached hydrogen (secondary N) is 1. The molecule has 1 aromatic carbocycles. The number of fused-ring (bicyclic) bond motifs is 1. The van der Waals surface area contributed by atoms with Crippen molar-refractivity contribution >= 4 is 22.5 Å². The standard InChI is InChI=1S/C12H10ClN/c1-2-3-4-11-8-9-7-10(13)5-6-12(9)14-11/h1,5-8,14H,3-4H2. The third kappa shape index (κ3) is 1.76. The first-order valence-electron chi connectivity index (χ1n) is 4.50. The van der Waals surface area contributed by atoms with Crippen LogP contribution < -0.4 is 0 Å². The predicted molar refractivity (Wildman–Crippen MR) is 60.5 cm³/mol. The van der Waals surface area contributed by atoms with Gasteiger partial charge in [-0.25, -0.2) is 0 Å². The minimum Gasteiger partial charge on any atom is -0.358 e. The summed E-state index contributed by atoms with van der Waals surface area (Å²) in [6.07, 6.45) is 6.87. The van der Waals surface area contributed by atoms with Crippen LogP contribution in [-0.2, 0) is 6.42 Å². The highest BCUT2D eigenvalue weighted by Gasteiger charge is 2.00. The molecule has 0 unspecified atom stereocenters. The molecule has 0 fully saturated rings. The van der Waals surface area contributed by atoms with Gasteiger partial charge in [0.2, 0.25) is 0 Å². The third-order valence-electron chi connectivity index (χ3n) is 2.18. The van der Waals surface area contributed by atoms with Crippen molar-refractivity contribution in [3.05, 3.63) is 35.0 Å². The molecule has 0 saturated carbocycles. The lowest BCUT2D eigenvalue weighted by Crippen LogP contribution is -1.81. The maximum absolute atomic E-state index is 5.89. The number of benzene rings is 1. The molecule has 0 aliphatic carbocycles. The average molecular weight is 204 g/mol. The maximum atomic E-state index is 5.89. The van der Waals surface area contributed by atoms with Gasteiger partial charge >= 0.3 is 0 Å². The van der Waals surface area contributed by atoms with Gasteiger partial charge in [-0.2, -0.15) is 0 Å². The zero-order chi connectivity index (χ0) is 9.97. The molecule has 0 saturated heterocycles. The first kappa shape index (κ1) is 9.18. The van der Waals surface area contributed by atoms with Crippen LogP contribution in [0.3, 0.4) is 0 Å². The SMILES string of the molecule is C#CCCc1cc2cc(Cl)ccc2[nH]1. The van der Waals surface area contributed by atoms with Crippen LogP contribution >= 0.6 is 11.6 Å². The average Bonchev–Trinajstić information content (AvgIpc) is 2.56. The van der Waals surface area contributed by atoms with E-state index in [0.717, 1.165) is 28.8 Å². The van der Waals surface area contributed by atoms with Crippen LogP contribution in [0.25, 0.3) is 10.9 Å². The van der Waals surface area contributed by atoms with Crippen molar-refractivity contribution in [2.45, 2.75) is 12.8 Å². The second-order valence-corrected chi connectivity index (χ2v) is 3.67. The minimum atomic E-state index is 0.764. The second kappa shape index (κ2) is 3.77. The predicted octanol–water partition coefficient (Wildman–Crippen LogP) is 3.39. The van der Waals surface area contributed by atoms with Gasteiger partial charge in [-0.3, -0.25) is 0 Å². The summed E-state index contributed by atoms with van der Waals surface area (Å²) >= 11 is 5.89. The minimum absolute atomic E-state index is 0.764. The molecule has 2 rings (SSSR count). The summed E-state index contributed by atoms with van der Waals surface area (Å²) in [5.74, 6) is 2.63. The molecule has 70 valence electrons. The Labute approximate surface area is 88.1 Å². The molecular weight excluding hydrogens is 194 g/mol. The third-order valence-corrected chi connectivity index (χ3v) is 2.41. The molecule has 0 atom stereocenters. The molecule has 2 heteroatoms. The van der Waals surface area contributed by atoms with Crippen LogP contribution in [0.2, 0.25) is 5.02 Å². The summed E-state index contributed by atoms with van der Waals surface area (Å²) in [5, 5.41) is 1.91. The topological polar surface area (TPSA) is 15.8 Å². The van der Waals surface area contributed by atoms with Crippen molar-refractivity contribution in [2.75, 3.05) is 0 Å². The molecule has 0 aliphatic heterocycles. The Hall–Kier alpha value is -1.39. The molecule has 1 nitrogen and oxygen atoms in total. The van der Waals surface area contributed by atoms with Crippen LogP contribution in [-0.4, -0.2) is 4.98 Å². The van der Waals surface area contributed by atoms with Crippen LogP contribution in [0, 0.1) is 12.3 Å². The van der Waals surface area contributed by atoms with Crippen molar-refractivity contribution in [1.82, 2.24) is 4.98 Å². The monoisotopic (exact) mass is 203 g/mol. The smallest absolute Gasteiger partial charge is 0.0457 e. The lowest BCUT2D eigenvalue weighted by atomic mass is 10.2. The first-order valence-corrected chi connectivity index (χ1v) is 4.88. The number of hydrogen-bond donors (Lipinski definition) is 1. The Bertz CT molecular complexity index is 490. The van der Waals surface area contributed by atoms with Crippen LogP contribution in [0.4, 0.5) is 0 Å². The molecule has 2 aromatic rings. The van der Waals surface area contributed by atoms with E-state index in [0.29, 0.717) is 0 Å². The number of terminal acetylenes is 1.